The first-order valence-electron chi connectivity index (χ1n) is 9.75. The Bertz CT molecular complexity index is 1180. The van der Waals surface area contributed by atoms with Crippen molar-refractivity contribution in [3.63, 3.8) is 0 Å². The largest absolute Gasteiger partial charge is 0.334 e. The van der Waals surface area contributed by atoms with Gasteiger partial charge in [0.25, 0.3) is 0 Å². The molecular formula is C23H21N5S. The Balaban J connectivity index is 1.48. The van der Waals surface area contributed by atoms with Gasteiger partial charge in [0.1, 0.15) is 0 Å². The van der Waals surface area contributed by atoms with Gasteiger partial charge < -0.3 is 4.98 Å². The van der Waals surface area contributed by atoms with Gasteiger partial charge in [-0.05, 0) is 24.4 Å². The number of rotatable bonds is 4. The summed E-state index contributed by atoms with van der Waals surface area (Å²) in [5.41, 5.74) is 6.90. The minimum atomic E-state index is 0.563. The quantitative estimate of drug-likeness (QED) is 0.512. The molecule has 6 heteroatoms. The van der Waals surface area contributed by atoms with Crippen molar-refractivity contribution in [1.82, 2.24) is 24.6 Å². The normalized spacial score (nSPS) is 13.9. The number of aromatic nitrogens is 4. The average molecular weight is 400 g/mol. The molecule has 0 unspecified atom stereocenters. The topological polar surface area (TPSA) is 49.7 Å². The maximum absolute atomic E-state index is 5.16. The van der Waals surface area contributed by atoms with Gasteiger partial charge in [-0.1, -0.05) is 48.5 Å². The molecule has 0 fully saturated rings. The Morgan fingerprint density at radius 1 is 1.00 bits per heavy atom. The zero-order chi connectivity index (χ0) is 19.6. The van der Waals surface area contributed by atoms with E-state index in [1.54, 1.807) is 0 Å². The first kappa shape index (κ1) is 18.0. The van der Waals surface area contributed by atoms with E-state index in [1.165, 1.54) is 16.8 Å². The summed E-state index contributed by atoms with van der Waals surface area (Å²) in [6, 6.07) is 20.7. The Kier molecular flexibility index (Phi) is 4.79. The highest BCUT2D eigenvalue weighted by Gasteiger charge is 2.20. The first-order valence-corrected chi connectivity index (χ1v) is 10.2. The molecule has 0 aliphatic carbocycles. The lowest BCUT2D eigenvalue weighted by Gasteiger charge is -2.28. The second kappa shape index (κ2) is 7.73. The molecule has 3 heterocycles. The fourth-order valence-electron chi connectivity index (χ4n) is 3.86. The SMILES string of the molecule is S=c1ncc2c([nH]1)CCN(Cc1cn(-c3ccccc3)nc1-c1ccccc1)C2. The monoisotopic (exact) mass is 399 g/mol. The number of fused-ring (bicyclic) bond motifs is 1. The zero-order valence-corrected chi connectivity index (χ0v) is 16.8. The minimum Gasteiger partial charge on any atom is -0.334 e. The first-order chi connectivity index (χ1) is 14.3. The van der Waals surface area contributed by atoms with E-state index in [-0.39, 0.29) is 0 Å². The van der Waals surface area contributed by atoms with Crippen LogP contribution in [0.3, 0.4) is 0 Å². The molecule has 1 aliphatic heterocycles. The average Bonchev–Trinajstić information content (AvgIpc) is 3.19. The summed E-state index contributed by atoms with van der Waals surface area (Å²) in [7, 11) is 0. The van der Waals surface area contributed by atoms with Gasteiger partial charge in [0, 0.05) is 60.8 Å². The highest BCUT2D eigenvalue weighted by Crippen LogP contribution is 2.26. The van der Waals surface area contributed by atoms with Gasteiger partial charge in [0.05, 0.1) is 11.4 Å². The van der Waals surface area contributed by atoms with Crippen molar-refractivity contribution in [2.24, 2.45) is 0 Å². The number of para-hydroxylation sites is 1. The van der Waals surface area contributed by atoms with Crippen LogP contribution in [0.1, 0.15) is 16.8 Å². The van der Waals surface area contributed by atoms with Crippen molar-refractivity contribution in [3.8, 4) is 16.9 Å². The predicted molar refractivity (Wildman–Crippen MR) is 116 cm³/mol. The predicted octanol–water partition coefficient (Wildman–Crippen LogP) is 4.55. The molecule has 29 heavy (non-hydrogen) atoms. The van der Waals surface area contributed by atoms with Crippen molar-refractivity contribution in [2.45, 2.75) is 19.5 Å². The fourth-order valence-corrected chi connectivity index (χ4v) is 4.03. The number of hydrogen-bond acceptors (Lipinski definition) is 4. The number of aromatic amines is 1. The number of H-pyrrole nitrogens is 1. The van der Waals surface area contributed by atoms with Crippen LogP contribution in [-0.4, -0.2) is 31.2 Å². The molecule has 2 aromatic carbocycles. The Morgan fingerprint density at radius 3 is 2.55 bits per heavy atom. The number of nitrogens with zero attached hydrogens (tertiary/aromatic N) is 4. The number of hydrogen-bond donors (Lipinski definition) is 1. The summed E-state index contributed by atoms with van der Waals surface area (Å²) in [5.74, 6) is 0. The van der Waals surface area contributed by atoms with Gasteiger partial charge in [-0.15, -0.1) is 0 Å². The molecule has 0 saturated heterocycles. The lowest BCUT2D eigenvalue weighted by atomic mass is 10.0. The maximum Gasteiger partial charge on any atom is 0.196 e. The molecule has 0 radical (unpaired) electrons. The summed E-state index contributed by atoms with van der Waals surface area (Å²) in [5, 5.41) is 4.93. The number of benzene rings is 2. The molecule has 0 saturated carbocycles. The third kappa shape index (κ3) is 3.77. The molecule has 0 spiro atoms. The van der Waals surface area contributed by atoms with E-state index in [0.717, 1.165) is 43.0 Å². The van der Waals surface area contributed by atoms with Gasteiger partial charge in [-0.2, -0.15) is 5.10 Å². The summed E-state index contributed by atoms with van der Waals surface area (Å²) in [4.78, 5) is 9.94. The summed E-state index contributed by atoms with van der Waals surface area (Å²) >= 11 is 5.16. The van der Waals surface area contributed by atoms with Crippen LogP contribution < -0.4 is 0 Å². The minimum absolute atomic E-state index is 0.563. The standard InChI is InChI=1S/C23H21N5S/c29-23-24-13-18-14-27(12-11-21(18)25-23)15-19-16-28(20-9-5-2-6-10-20)26-22(19)17-7-3-1-4-8-17/h1-10,13,16H,11-12,14-15H2,(H,24,25,29). The van der Waals surface area contributed by atoms with E-state index in [4.69, 9.17) is 17.3 Å². The third-order valence-corrected chi connectivity index (χ3v) is 5.51. The van der Waals surface area contributed by atoms with Crippen LogP contribution in [0.2, 0.25) is 0 Å². The van der Waals surface area contributed by atoms with Crippen LogP contribution >= 0.6 is 12.2 Å². The smallest absolute Gasteiger partial charge is 0.196 e. The van der Waals surface area contributed by atoms with Crippen LogP contribution in [0.5, 0.6) is 0 Å². The molecule has 1 aliphatic rings. The zero-order valence-electron chi connectivity index (χ0n) is 16.0. The van der Waals surface area contributed by atoms with Crippen molar-refractivity contribution >= 4 is 12.2 Å². The summed E-state index contributed by atoms with van der Waals surface area (Å²) in [6.45, 7) is 2.68. The van der Waals surface area contributed by atoms with E-state index in [1.807, 2.05) is 35.1 Å². The molecule has 2 aromatic heterocycles. The molecule has 0 amide bonds. The van der Waals surface area contributed by atoms with Gasteiger partial charge in [-0.25, -0.2) is 9.67 Å². The van der Waals surface area contributed by atoms with Gasteiger partial charge in [-0.3, -0.25) is 4.90 Å². The summed E-state index contributed by atoms with van der Waals surface area (Å²) < 4.78 is 2.54. The van der Waals surface area contributed by atoms with Crippen molar-refractivity contribution < 1.29 is 0 Å². The lowest BCUT2D eigenvalue weighted by molar-refractivity contribution is 0.243. The second-order valence-electron chi connectivity index (χ2n) is 7.30. The van der Waals surface area contributed by atoms with E-state index in [9.17, 15) is 0 Å². The lowest BCUT2D eigenvalue weighted by Crippen LogP contribution is -2.30. The molecular weight excluding hydrogens is 378 g/mol. The van der Waals surface area contributed by atoms with Crippen molar-refractivity contribution in [2.75, 3.05) is 6.54 Å². The van der Waals surface area contributed by atoms with E-state index in [2.05, 4.69) is 57.5 Å². The van der Waals surface area contributed by atoms with Crippen LogP contribution in [0.25, 0.3) is 16.9 Å². The van der Waals surface area contributed by atoms with Gasteiger partial charge in [0.15, 0.2) is 4.77 Å². The molecule has 4 aromatic rings. The number of nitrogens with one attached hydrogen (secondary N) is 1. The molecule has 5 nitrogen and oxygen atoms in total. The van der Waals surface area contributed by atoms with Gasteiger partial charge >= 0.3 is 0 Å². The van der Waals surface area contributed by atoms with Crippen molar-refractivity contribution in [3.05, 3.63) is 94.6 Å². The Hall–Kier alpha value is -3.09. The van der Waals surface area contributed by atoms with Crippen LogP contribution in [0.4, 0.5) is 0 Å². The van der Waals surface area contributed by atoms with Crippen LogP contribution in [-0.2, 0) is 19.5 Å². The van der Waals surface area contributed by atoms with Crippen molar-refractivity contribution in [1.29, 1.82) is 0 Å². The van der Waals surface area contributed by atoms with Crippen LogP contribution in [0, 0.1) is 4.77 Å². The molecule has 0 bridgehead atoms. The van der Waals surface area contributed by atoms with E-state index in [0.29, 0.717) is 4.77 Å². The highest BCUT2D eigenvalue weighted by molar-refractivity contribution is 7.71. The van der Waals surface area contributed by atoms with Crippen LogP contribution in [0.15, 0.2) is 73.1 Å². The Labute approximate surface area is 174 Å². The molecule has 144 valence electrons. The Morgan fingerprint density at radius 2 is 1.76 bits per heavy atom. The molecule has 5 rings (SSSR count). The fraction of sp³-hybridized carbons (Fsp3) is 0.174. The van der Waals surface area contributed by atoms with E-state index < -0.39 is 0 Å². The molecule has 1 N–H and O–H groups in total. The highest BCUT2D eigenvalue weighted by atomic mass is 32.1. The third-order valence-electron chi connectivity index (χ3n) is 5.31. The molecule has 0 atom stereocenters. The summed E-state index contributed by atoms with van der Waals surface area (Å²) in [6.07, 6.45) is 5.02. The van der Waals surface area contributed by atoms with E-state index >= 15 is 0 Å². The second-order valence-corrected chi connectivity index (χ2v) is 7.69. The maximum atomic E-state index is 5.16. The van der Waals surface area contributed by atoms with Gasteiger partial charge in [0.2, 0.25) is 0 Å².